The van der Waals surface area contributed by atoms with Crippen LogP contribution in [-0.2, 0) is 11.8 Å². The van der Waals surface area contributed by atoms with Crippen LogP contribution in [0.25, 0.3) is 0 Å². The van der Waals surface area contributed by atoms with Crippen molar-refractivity contribution in [2.75, 3.05) is 21.7 Å². The summed E-state index contributed by atoms with van der Waals surface area (Å²) in [4.78, 5) is 7.35. The molecule has 2 aliphatic rings. The quantitative estimate of drug-likeness (QED) is 0.111. The van der Waals surface area contributed by atoms with Crippen molar-refractivity contribution in [1.82, 2.24) is 0 Å². The zero-order valence-corrected chi connectivity index (χ0v) is 31.7. The van der Waals surface area contributed by atoms with Gasteiger partial charge in [0.15, 0.2) is 0 Å². The first kappa shape index (κ1) is 33.9. The van der Waals surface area contributed by atoms with E-state index in [0.29, 0.717) is 0 Å². The van der Waals surface area contributed by atoms with Crippen LogP contribution in [0.1, 0.15) is 70.1 Å². The molecule has 0 saturated heterocycles. The summed E-state index contributed by atoms with van der Waals surface area (Å²) < 4.78 is 0. The lowest BCUT2D eigenvalue weighted by molar-refractivity contribution is 0.591. The molecule has 3 nitrogen and oxygen atoms in total. The van der Waals surface area contributed by atoms with Crippen LogP contribution in [-0.4, -0.2) is 13.8 Å². The molecule has 0 radical (unpaired) electrons. The molecule has 8 rings (SSSR count). The molecule has 0 bridgehead atoms. The Bertz CT molecular complexity index is 2160. The van der Waals surface area contributed by atoms with E-state index in [-0.39, 0.29) is 12.1 Å². The number of unbranched alkanes of at least 4 members (excludes halogenated alkanes) is 3. The van der Waals surface area contributed by atoms with Crippen LogP contribution >= 0.6 is 0 Å². The molecule has 0 atom stereocenters. The molecule has 0 spiro atoms. The molecule has 260 valence electrons. The van der Waals surface area contributed by atoms with Crippen LogP contribution in [0.5, 0.6) is 0 Å². The Morgan fingerprint density at radius 1 is 0.596 bits per heavy atom. The van der Waals surface area contributed by atoms with Gasteiger partial charge in [0.25, 0.3) is 6.71 Å². The lowest BCUT2D eigenvalue weighted by Gasteiger charge is -2.44. The summed E-state index contributed by atoms with van der Waals surface area (Å²) in [5.74, 6) is 0. The highest BCUT2D eigenvalue weighted by Crippen LogP contribution is 2.44. The average Bonchev–Trinajstić information content (AvgIpc) is 3.15. The van der Waals surface area contributed by atoms with Gasteiger partial charge in [-0.1, -0.05) is 114 Å². The molecule has 2 aliphatic heterocycles. The lowest BCUT2D eigenvalue weighted by atomic mass is 9.33. The molecule has 6 aromatic carbocycles. The molecule has 0 unspecified atom stereocenters. The smallest absolute Gasteiger partial charge is 0.252 e. The van der Waals surface area contributed by atoms with Gasteiger partial charge < -0.3 is 14.7 Å². The van der Waals surface area contributed by atoms with Crippen LogP contribution in [0.4, 0.5) is 45.5 Å². The average molecular weight is 680 g/mol. The highest BCUT2D eigenvalue weighted by atomic mass is 15.2. The van der Waals surface area contributed by atoms with Crippen molar-refractivity contribution in [1.29, 1.82) is 0 Å². The lowest BCUT2D eigenvalue weighted by Crippen LogP contribution is -2.61. The largest absolute Gasteiger partial charge is 0.345 e. The maximum Gasteiger partial charge on any atom is 0.252 e. The van der Waals surface area contributed by atoms with Crippen LogP contribution < -0.4 is 31.1 Å². The summed E-state index contributed by atoms with van der Waals surface area (Å²) in [6.07, 6.45) is 6.24. The topological polar surface area (TPSA) is 9.72 Å². The molecule has 4 heteroatoms. The minimum absolute atomic E-state index is 0.0432. The monoisotopic (exact) mass is 679 g/mol. The number of rotatable bonds is 9. The van der Waals surface area contributed by atoms with E-state index in [1.54, 1.807) is 0 Å². The van der Waals surface area contributed by atoms with E-state index in [4.69, 9.17) is 0 Å². The van der Waals surface area contributed by atoms with Crippen LogP contribution in [0.2, 0.25) is 0 Å². The van der Waals surface area contributed by atoms with E-state index in [9.17, 15) is 0 Å². The number of nitrogens with zero attached hydrogens (tertiary/aromatic N) is 3. The number of hydrogen-bond acceptors (Lipinski definition) is 3. The molecule has 0 amide bonds. The number of para-hydroxylation sites is 2. The van der Waals surface area contributed by atoms with Crippen LogP contribution in [0, 0.1) is 6.92 Å². The van der Waals surface area contributed by atoms with E-state index in [1.807, 2.05) is 0 Å². The first-order valence-corrected chi connectivity index (χ1v) is 19.2. The third kappa shape index (κ3) is 6.08. The van der Waals surface area contributed by atoms with E-state index in [1.165, 1.54) is 87.2 Å². The molecule has 52 heavy (non-hydrogen) atoms. The summed E-state index contributed by atoms with van der Waals surface area (Å²) in [5, 5.41) is 0. The second-order valence-electron chi connectivity index (χ2n) is 15.8. The van der Waals surface area contributed by atoms with E-state index in [0.717, 1.165) is 23.5 Å². The van der Waals surface area contributed by atoms with Crippen LogP contribution in [0.3, 0.4) is 0 Å². The van der Waals surface area contributed by atoms with Crippen molar-refractivity contribution in [2.24, 2.45) is 0 Å². The summed E-state index contributed by atoms with van der Waals surface area (Å²) in [6.45, 7) is 11.6. The Balaban J connectivity index is 1.36. The second-order valence-corrected chi connectivity index (χ2v) is 15.8. The Kier molecular flexibility index (Phi) is 8.95. The zero-order valence-electron chi connectivity index (χ0n) is 31.7. The normalized spacial score (nSPS) is 13.1. The van der Waals surface area contributed by atoms with Crippen molar-refractivity contribution in [2.45, 2.75) is 72.1 Å². The molecule has 2 heterocycles. The number of aryl methyl sites for hydroxylation is 2. The Morgan fingerprint density at radius 2 is 1.27 bits per heavy atom. The molecule has 0 fully saturated rings. The summed E-state index contributed by atoms with van der Waals surface area (Å²) in [7, 11) is 2.24. The maximum atomic E-state index is 2.54. The molecule has 6 aromatic rings. The van der Waals surface area contributed by atoms with E-state index >= 15 is 0 Å². The van der Waals surface area contributed by atoms with E-state index < -0.39 is 0 Å². The molecule has 0 aliphatic carbocycles. The number of fused-ring (bicyclic) bond motifs is 4. The second kappa shape index (κ2) is 13.7. The van der Waals surface area contributed by atoms with Crippen molar-refractivity contribution < 1.29 is 0 Å². The minimum Gasteiger partial charge on any atom is -0.345 e. The standard InChI is InChI=1S/C48H50BN3/c1-7-8-9-12-17-35-22-25-39(26-23-35)52-44-33-40(51(37-18-13-10-14-19-37)38-20-15-11-16-21-38)27-28-41(44)49-42-32-36(48(3,4)5)24-29-43(42)50(6)45-30-34(2)31-46(52)47(45)49/h10-11,13-16,18-33H,7-9,12,17H2,1-6H3. The summed E-state index contributed by atoms with van der Waals surface area (Å²) in [5.41, 5.74) is 17.9. The number of benzene rings is 6. The fourth-order valence-corrected chi connectivity index (χ4v) is 8.37. The van der Waals surface area contributed by atoms with Crippen molar-refractivity contribution in [3.63, 3.8) is 0 Å². The third-order valence-electron chi connectivity index (χ3n) is 11.1. The third-order valence-corrected chi connectivity index (χ3v) is 11.1. The maximum absolute atomic E-state index is 2.54. The van der Waals surface area contributed by atoms with E-state index in [2.05, 4.69) is 190 Å². The van der Waals surface area contributed by atoms with Gasteiger partial charge in [0.2, 0.25) is 0 Å². The molecule has 0 saturated carbocycles. The predicted octanol–water partition coefficient (Wildman–Crippen LogP) is 11.3. The van der Waals surface area contributed by atoms with Gasteiger partial charge in [-0.25, -0.2) is 0 Å². The number of anilines is 8. The van der Waals surface area contributed by atoms with Crippen molar-refractivity contribution in [3.8, 4) is 0 Å². The summed E-state index contributed by atoms with van der Waals surface area (Å²) in [6, 6.07) is 50.1. The predicted molar refractivity (Wildman–Crippen MR) is 226 cm³/mol. The fourth-order valence-electron chi connectivity index (χ4n) is 8.37. The number of hydrogen-bond donors (Lipinski definition) is 0. The van der Waals surface area contributed by atoms with Crippen LogP contribution in [0.15, 0.2) is 133 Å². The fraction of sp³-hybridized carbons (Fsp3) is 0.250. The molecular formula is C48H50BN3. The summed E-state index contributed by atoms with van der Waals surface area (Å²) >= 11 is 0. The van der Waals surface area contributed by atoms with Gasteiger partial charge in [-0.05, 0) is 125 Å². The SMILES string of the molecule is CCCCCCc1ccc(N2c3cc(N(c4ccccc4)c4ccccc4)ccc3B3c4cc(C(C)(C)C)ccc4N(C)c4cc(C)cc2c43)cc1. The van der Waals surface area contributed by atoms with Gasteiger partial charge in [0.1, 0.15) is 0 Å². The highest BCUT2D eigenvalue weighted by Gasteiger charge is 2.43. The highest BCUT2D eigenvalue weighted by molar-refractivity contribution is 7.00. The molecule has 0 aromatic heterocycles. The van der Waals surface area contributed by atoms with Gasteiger partial charge in [0, 0.05) is 52.5 Å². The minimum atomic E-state index is 0.0432. The molecule has 0 N–H and O–H groups in total. The van der Waals surface area contributed by atoms with Gasteiger partial charge in [-0.3, -0.25) is 0 Å². The Morgan fingerprint density at radius 3 is 1.92 bits per heavy atom. The molecular weight excluding hydrogens is 629 g/mol. The zero-order chi connectivity index (χ0) is 36.0. The van der Waals surface area contributed by atoms with Crippen molar-refractivity contribution in [3.05, 3.63) is 150 Å². The Hall–Kier alpha value is -5.22. The first-order valence-electron chi connectivity index (χ1n) is 19.2. The van der Waals surface area contributed by atoms with Gasteiger partial charge in [-0.15, -0.1) is 0 Å². The van der Waals surface area contributed by atoms with Gasteiger partial charge in [-0.2, -0.15) is 0 Å². The first-order chi connectivity index (χ1) is 25.2. The van der Waals surface area contributed by atoms with Gasteiger partial charge >= 0.3 is 0 Å². The van der Waals surface area contributed by atoms with Gasteiger partial charge in [0.05, 0.1) is 0 Å². The Labute approximate surface area is 311 Å². The van der Waals surface area contributed by atoms with Crippen molar-refractivity contribution >= 4 is 68.6 Å².